The molecule has 0 unspecified atom stereocenters. The van der Waals surface area contributed by atoms with Crippen molar-refractivity contribution < 1.29 is 4.79 Å². The molecule has 5 nitrogen and oxygen atoms in total. The maximum absolute atomic E-state index is 12.2. The molecule has 1 aliphatic carbocycles. The molecule has 2 heterocycles. The van der Waals surface area contributed by atoms with E-state index in [0.29, 0.717) is 29.9 Å². The first kappa shape index (κ1) is 19.3. The number of halogens is 1. The highest BCUT2D eigenvalue weighted by molar-refractivity contribution is 6.30. The Balaban J connectivity index is 1.47. The van der Waals surface area contributed by atoms with Crippen molar-refractivity contribution in [1.29, 1.82) is 0 Å². The van der Waals surface area contributed by atoms with Gasteiger partial charge in [0.05, 0.1) is 12.2 Å². The van der Waals surface area contributed by atoms with E-state index in [1.807, 2.05) is 18.2 Å². The van der Waals surface area contributed by atoms with Gasteiger partial charge >= 0.3 is 0 Å². The van der Waals surface area contributed by atoms with Gasteiger partial charge in [-0.25, -0.2) is 0 Å². The smallest absolute Gasteiger partial charge is 0.220 e. The molecule has 1 aromatic heterocycles. The summed E-state index contributed by atoms with van der Waals surface area (Å²) in [5.74, 6) is 2.87. The number of benzene rings is 2. The number of aromatic nitrogens is 3. The van der Waals surface area contributed by atoms with Gasteiger partial charge in [0.15, 0.2) is 5.82 Å². The second-order valence-electron chi connectivity index (χ2n) is 8.42. The Labute approximate surface area is 181 Å². The van der Waals surface area contributed by atoms with Gasteiger partial charge in [-0.05, 0) is 60.9 Å². The summed E-state index contributed by atoms with van der Waals surface area (Å²) in [6.45, 7) is 2.60. The Morgan fingerprint density at radius 3 is 2.43 bits per heavy atom. The third-order valence-corrected chi connectivity index (χ3v) is 6.77. The standard InChI is InChI=1S/C24H25ClN4O/c1-16(30)28-14-20-13-21(25)11-12-22(20)29-23(15-28)26-27-24(29)19-9-7-18(8-10-19)17-5-3-2-4-6-17/h2-6,11-13,18-19H,7-10,14-15H2,1H3. The molecule has 6 heteroatoms. The van der Waals surface area contributed by atoms with Crippen molar-refractivity contribution >= 4 is 17.5 Å². The van der Waals surface area contributed by atoms with E-state index in [4.69, 9.17) is 11.6 Å². The van der Waals surface area contributed by atoms with E-state index in [0.717, 1.165) is 48.6 Å². The molecule has 1 saturated carbocycles. The average molecular weight is 421 g/mol. The number of fused-ring (bicyclic) bond motifs is 3. The van der Waals surface area contributed by atoms with Crippen LogP contribution in [0.15, 0.2) is 48.5 Å². The van der Waals surface area contributed by atoms with Gasteiger partial charge < -0.3 is 4.90 Å². The highest BCUT2D eigenvalue weighted by atomic mass is 35.5. The van der Waals surface area contributed by atoms with Crippen molar-refractivity contribution in [3.8, 4) is 5.69 Å². The first-order chi connectivity index (χ1) is 14.6. The van der Waals surface area contributed by atoms with Crippen LogP contribution in [-0.4, -0.2) is 25.6 Å². The minimum atomic E-state index is 0.0299. The van der Waals surface area contributed by atoms with Crippen LogP contribution in [0.3, 0.4) is 0 Å². The summed E-state index contributed by atoms with van der Waals surface area (Å²) in [5.41, 5.74) is 3.52. The Hall–Kier alpha value is -2.66. The zero-order valence-corrected chi connectivity index (χ0v) is 17.8. The van der Waals surface area contributed by atoms with Gasteiger partial charge in [0.25, 0.3) is 0 Å². The van der Waals surface area contributed by atoms with Crippen LogP contribution in [0.4, 0.5) is 0 Å². The summed E-state index contributed by atoms with van der Waals surface area (Å²) in [6.07, 6.45) is 4.50. The fourth-order valence-corrected chi connectivity index (χ4v) is 5.12. The van der Waals surface area contributed by atoms with E-state index in [1.54, 1.807) is 11.8 Å². The van der Waals surface area contributed by atoms with Crippen molar-refractivity contribution in [2.24, 2.45) is 0 Å². The Kier molecular flexibility index (Phi) is 5.07. The van der Waals surface area contributed by atoms with Crippen LogP contribution in [0.1, 0.15) is 67.2 Å². The Bertz CT molecular complexity index is 1070. The van der Waals surface area contributed by atoms with Crippen molar-refractivity contribution in [2.75, 3.05) is 0 Å². The number of nitrogens with zero attached hydrogens (tertiary/aromatic N) is 4. The van der Waals surface area contributed by atoms with Gasteiger partial charge in [-0.2, -0.15) is 0 Å². The summed E-state index contributed by atoms with van der Waals surface area (Å²) in [4.78, 5) is 14.0. The van der Waals surface area contributed by atoms with Crippen LogP contribution < -0.4 is 0 Å². The van der Waals surface area contributed by atoms with Gasteiger partial charge in [-0.15, -0.1) is 10.2 Å². The Morgan fingerprint density at radius 1 is 0.967 bits per heavy atom. The van der Waals surface area contributed by atoms with Crippen LogP contribution in [0.5, 0.6) is 0 Å². The largest absolute Gasteiger partial charge is 0.331 e. The van der Waals surface area contributed by atoms with Crippen LogP contribution in [0.2, 0.25) is 5.02 Å². The molecule has 0 atom stereocenters. The number of hydrogen-bond acceptors (Lipinski definition) is 3. The molecule has 2 aromatic carbocycles. The predicted molar refractivity (Wildman–Crippen MR) is 117 cm³/mol. The third kappa shape index (κ3) is 3.52. The molecule has 1 amide bonds. The SMILES string of the molecule is CC(=O)N1Cc2cc(Cl)ccc2-n2c(nnc2C2CCC(c3ccccc3)CC2)C1. The highest BCUT2D eigenvalue weighted by Gasteiger charge is 2.31. The fourth-order valence-electron chi connectivity index (χ4n) is 4.92. The van der Waals surface area contributed by atoms with E-state index in [2.05, 4.69) is 45.1 Å². The quantitative estimate of drug-likeness (QED) is 0.570. The molecule has 30 heavy (non-hydrogen) atoms. The third-order valence-electron chi connectivity index (χ3n) is 6.54. The number of carbonyl (C=O) groups is 1. The monoisotopic (exact) mass is 420 g/mol. The van der Waals surface area contributed by atoms with Crippen LogP contribution >= 0.6 is 11.6 Å². The van der Waals surface area contributed by atoms with E-state index in [9.17, 15) is 4.79 Å². The normalized spacial score (nSPS) is 20.9. The molecule has 1 fully saturated rings. The first-order valence-corrected chi connectivity index (χ1v) is 11.0. The summed E-state index contributed by atoms with van der Waals surface area (Å²) in [6, 6.07) is 16.7. The lowest BCUT2D eigenvalue weighted by Gasteiger charge is -2.28. The van der Waals surface area contributed by atoms with E-state index in [1.165, 1.54) is 5.56 Å². The lowest BCUT2D eigenvalue weighted by atomic mass is 9.78. The second kappa shape index (κ2) is 7.88. The van der Waals surface area contributed by atoms with Crippen LogP contribution in [-0.2, 0) is 17.9 Å². The topological polar surface area (TPSA) is 51.0 Å². The molecule has 5 rings (SSSR count). The van der Waals surface area contributed by atoms with E-state index >= 15 is 0 Å². The molecule has 3 aromatic rings. The molecule has 2 aliphatic rings. The molecule has 0 spiro atoms. The van der Waals surface area contributed by atoms with Crippen molar-refractivity contribution in [3.05, 3.63) is 76.3 Å². The van der Waals surface area contributed by atoms with Gasteiger partial charge in [0.2, 0.25) is 5.91 Å². The van der Waals surface area contributed by atoms with Crippen molar-refractivity contribution in [2.45, 2.75) is 57.5 Å². The summed E-state index contributed by atoms with van der Waals surface area (Å²) in [7, 11) is 0. The lowest BCUT2D eigenvalue weighted by Crippen LogP contribution is -2.27. The van der Waals surface area contributed by atoms with Crippen molar-refractivity contribution in [3.63, 3.8) is 0 Å². The van der Waals surface area contributed by atoms with E-state index in [-0.39, 0.29) is 5.91 Å². The molecule has 0 saturated heterocycles. The molecule has 154 valence electrons. The zero-order chi connectivity index (χ0) is 20.7. The molecule has 0 N–H and O–H groups in total. The fraction of sp³-hybridized carbons (Fsp3) is 0.375. The van der Waals surface area contributed by atoms with Gasteiger partial charge in [-0.1, -0.05) is 41.9 Å². The van der Waals surface area contributed by atoms with Crippen molar-refractivity contribution in [1.82, 2.24) is 19.7 Å². The molecule has 1 aliphatic heterocycles. The molecular weight excluding hydrogens is 396 g/mol. The van der Waals surface area contributed by atoms with Gasteiger partial charge in [-0.3, -0.25) is 9.36 Å². The maximum atomic E-state index is 12.2. The summed E-state index contributed by atoms with van der Waals surface area (Å²) >= 11 is 6.28. The van der Waals surface area contributed by atoms with Gasteiger partial charge in [0, 0.05) is 24.4 Å². The predicted octanol–water partition coefficient (Wildman–Crippen LogP) is 5.22. The number of rotatable bonds is 2. The number of hydrogen-bond donors (Lipinski definition) is 0. The van der Waals surface area contributed by atoms with Gasteiger partial charge in [0.1, 0.15) is 5.82 Å². The Morgan fingerprint density at radius 2 is 1.70 bits per heavy atom. The molecule has 0 bridgehead atoms. The highest BCUT2D eigenvalue weighted by Crippen LogP contribution is 2.41. The van der Waals surface area contributed by atoms with Crippen LogP contribution in [0.25, 0.3) is 5.69 Å². The first-order valence-electron chi connectivity index (χ1n) is 10.6. The zero-order valence-electron chi connectivity index (χ0n) is 17.1. The summed E-state index contributed by atoms with van der Waals surface area (Å²) < 4.78 is 2.18. The number of carbonyl (C=O) groups excluding carboxylic acids is 1. The maximum Gasteiger partial charge on any atom is 0.220 e. The minimum Gasteiger partial charge on any atom is -0.331 e. The lowest BCUT2D eigenvalue weighted by molar-refractivity contribution is -0.130. The van der Waals surface area contributed by atoms with E-state index < -0.39 is 0 Å². The number of amides is 1. The average Bonchev–Trinajstić information content (AvgIpc) is 3.10. The molecule has 0 radical (unpaired) electrons. The minimum absolute atomic E-state index is 0.0299. The second-order valence-corrected chi connectivity index (χ2v) is 8.85. The molecular formula is C24H25ClN4O. The van der Waals surface area contributed by atoms with Crippen LogP contribution in [0, 0.1) is 0 Å². The summed E-state index contributed by atoms with van der Waals surface area (Å²) in [5, 5.41) is 9.81.